The van der Waals surface area contributed by atoms with E-state index in [-0.39, 0.29) is 5.69 Å². The van der Waals surface area contributed by atoms with Crippen molar-refractivity contribution in [2.75, 3.05) is 7.11 Å². The maximum atomic E-state index is 12.8. The highest BCUT2D eigenvalue weighted by Crippen LogP contribution is 2.30. The van der Waals surface area contributed by atoms with Gasteiger partial charge in [-0.2, -0.15) is 5.01 Å². The molecule has 1 fully saturated rings. The minimum atomic E-state index is -1.34. The van der Waals surface area contributed by atoms with Crippen molar-refractivity contribution in [1.82, 2.24) is 25.7 Å². The van der Waals surface area contributed by atoms with Gasteiger partial charge in [-0.1, -0.05) is 12.1 Å². The third-order valence-corrected chi connectivity index (χ3v) is 4.06. The number of nitrogens with one attached hydrogen (secondary N) is 2. The summed E-state index contributed by atoms with van der Waals surface area (Å²) in [5.74, 6) is -0.789. The van der Waals surface area contributed by atoms with Gasteiger partial charge < -0.3 is 10.1 Å². The summed E-state index contributed by atoms with van der Waals surface area (Å²) in [6.07, 6.45) is 2.69. The quantitative estimate of drug-likeness (QED) is 0.788. The van der Waals surface area contributed by atoms with Crippen LogP contribution in [0.25, 0.3) is 0 Å². The summed E-state index contributed by atoms with van der Waals surface area (Å²) in [5, 5.41) is 3.24. The van der Waals surface area contributed by atoms with Crippen LogP contribution in [0, 0.1) is 6.92 Å². The molecule has 1 saturated heterocycles. The molecule has 26 heavy (non-hydrogen) atoms. The summed E-state index contributed by atoms with van der Waals surface area (Å²) in [6.45, 7) is 3.28. The largest absolute Gasteiger partial charge is 0.497 e. The van der Waals surface area contributed by atoms with Crippen LogP contribution in [0.2, 0.25) is 0 Å². The average molecular weight is 355 g/mol. The molecule has 1 aliphatic rings. The molecule has 3 rings (SSSR count). The number of aromatic nitrogens is 2. The highest BCUT2D eigenvalue weighted by molar-refractivity contribution is 6.09. The Kier molecular flexibility index (Phi) is 4.29. The number of rotatable bonds is 4. The van der Waals surface area contributed by atoms with Gasteiger partial charge in [0.05, 0.1) is 19.0 Å². The lowest BCUT2D eigenvalue weighted by atomic mass is 9.92. The molecule has 9 nitrogen and oxygen atoms in total. The molecule has 1 aromatic carbocycles. The first-order valence-corrected chi connectivity index (χ1v) is 7.76. The number of hydrogen-bond acceptors (Lipinski definition) is 6. The van der Waals surface area contributed by atoms with Crippen LogP contribution in [-0.4, -0.2) is 39.9 Å². The molecule has 9 heteroatoms. The van der Waals surface area contributed by atoms with Crippen molar-refractivity contribution in [1.29, 1.82) is 0 Å². The van der Waals surface area contributed by atoms with E-state index in [9.17, 15) is 14.4 Å². The van der Waals surface area contributed by atoms with Crippen molar-refractivity contribution in [2.24, 2.45) is 0 Å². The van der Waals surface area contributed by atoms with Crippen molar-refractivity contribution in [2.45, 2.75) is 19.4 Å². The molecule has 0 saturated carbocycles. The summed E-state index contributed by atoms with van der Waals surface area (Å²) < 4.78 is 5.16. The molecule has 2 heterocycles. The number of urea groups is 1. The zero-order valence-electron chi connectivity index (χ0n) is 14.4. The van der Waals surface area contributed by atoms with E-state index in [1.165, 1.54) is 19.5 Å². The number of benzene rings is 1. The Morgan fingerprint density at radius 1 is 1.27 bits per heavy atom. The normalized spacial score (nSPS) is 19.3. The van der Waals surface area contributed by atoms with Crippen molar-refractivity contribution in [3.8, 4) is 5.75 Å². The first-order chi connectivity index (χ1) is 12.3. The van der Waals surface area contributed by atoms with Gasteiger partial charge in [-0.25, -0.2) is 9.78 Å². The molecule has 134 valence electrons. The summed E-state index contributed by atoms with van der Waals surface area (Å²) in [5.41, 5.74) is 2.09. The van der Waals surface area contributed by atoms with Gasteiger partial charge in [0.1, 0.15) is 17.0 Å². The monoisotopic (exact) mass is 355 g/mol. The fourth-order valence-corrected chi connectivity index (χ4v) is 2.54. The number of carbonyl (C=O) groups excluding carboxylic acids is 3. The Labute approximate surface area is 149 Å². The fraction of sp³-hybridized carbons (Fsp3) is 0.235. The van der Waals surface area contributed by atoms with E-state index in [1.807, 2.05) is 0 Å². The Bertz CT molecular complexity index is 883. The second-order valence-electron chi connectivity index (χ2n) is 5.91. The third-order valence-electron chi connectivity index (χ3n) is 4.06. The molecule has 2 N–H and O–H groups in total. The molecule has 1 aliphatic heterocycles. The lowest BCUT2D eigenvalue weighted by Gasteiger charge is -2.22. The lowest BCUT2D eigenvalue weighted by Crippen LogP contribution is -2.48. The second kappa shape index (κ2) is 6.43. The molecule has 4 amide bonds. The molecule has 0 bridgehead atoms. The zero-order valence-corrected chi connectivity index (χ0v) is 14.4. The fourth-order valence-electron chi connectivity index (χ4n) is 2.54. The van der Waals surface area contributed by atoms with E-state index >= 15 is 0 Å². The van der Waals surface area contributed by atoms with Crippen molar-refractivity contribution in [3.05, 3.63) is 53.6 Å². The van der Waals surface area contributed by atoms with Crippen LogP contribution in [-0.2, 0) is 10.3 Å². The Hall–Kier alpha value is -3.49. The first-order valence-electron chi connectivity index (χ1n) is 7.76. The number of aryl methyl sites for hydroxylation is 1. The van der Waals surface area contributed by atoms with Gasteiger partial charge in [0, 0.05) is 6.20 Å². The number of ether oxygens (including phenoxy) is 1. The Morgan fingerprint density at radius 2 is 2.04 bits per heavy atom. The lowest BCUT2D eigenvalue weighted by molar-refractivity contribution is -0.132. The SMILES string of the molecule is COc1cccc([C@]2(C)NC(=O)N(NC(=O)c3cnc(C)cn3)C2=O)c1. The summed E-state index contributed by atoms with van der Waals surface area (Å²) in [4.78, 5) is 45.2. The summed E-state index contributed by atoms with van der Waals surface area (Å²) in [7, 11) is 1.51. The summed E-state index contributed by atoms with van der Waals surface area (Å²) >= 11 is 0. The van der Waals surface area contributed by atoms with Gasteiger partial charge in [-0.15, -0.1) is 0 Å². The van der Waals surface area contributed by atoms with E-state index in [0.717, 1.165) is 0 Å². The van der Waals surface area contributed by atoms with Crippen LogP contribution in [0.15, 0.2) is 36.7 Å². The Balaban J connectivity index is 1.84. The van der Waals surface area contributed by atoms with Gasteiger partial charge in [-0.3, -0.25) is 20.0 Å². The zero-order chi connectivity index (χ0) is 18.9. The standard InChI is InChI=1S/C17H17N5O4/c1-10-8-19-13(9-18-10)14(23)21-22-15(24)17(2,20-16(22)25)11-5-4-6-12(7-11)26-3/h4-9H,1-3H3,(H,20,25)(H,21,23)/t17-/m0/s1. The minimum Gasteiger partial charge on any atom is -0.497 e. The van der Waals surface area contributed by atoms with E-state index in [4.69, 9.17) is 4.74 Å². The Morgan fingerprint density at radius 3 is 2.69 bits per heavy atom. The van der Waals surface area contributed by atoms with Crippen molar-refractivity contribution in [3.63, 3.8) is 0 Å². The van der Waals surface area contributed by atoms with Crippen LogP contribution >= 0.6 is 0 Å². The average Bonchev–Trinajstić information content (AvgIpc) is 2.86. The van der Waals surface area contributed by atoms with E-state index < -0.39 is 23.4 Å². The van der Waals surface area contributed by atoms with Crippen LogP contribution < -0.4 is 15.5 Å². The van der Waals surface area contributed by atoms with E-state index in [2.05, 4.69) is 20.7 Å². The molecular weight excluding hydrogens is 338 g/mol. The van der Waals surface area contributed by atoms with Crippen molar-refractivity contribution >= 4 is 17.8 Å². The minimum absolute atomic E-state index is 0.00816. The number of methoxy groups -OCH3 is 1. The highest BCUT2D eigenvalue weighted by atomic mass is 16.5. The number of hydrogen-bond donors (Lipinski definition) is 2. The number of imide groups is 1. The maximum absolute atomic E-state index is 12.8. The van der Waals surface area contributed by atoms with Crippen LogP contribution in [0.4, 0.5) is 4.79 Å². The molecule has 1 atom stereocenters. The summed E-state index contributed by atoms with van der Waals surface area (Å²) in [6, 6.07) is 6.03. The molecule has 2 aromatic rings. The van der Waals surface area contributed by atoms with Crippen molar-refractivity contribution < 1.29 is 19.1 Å². The van der Waals surface area contributed by atoms with Crippen LogP contribution in [0.5, 0.6) is 5.75 Å². The van der Waals surface area contributed by atoms with Gasteiger partial charge in [-0.05, 0) is 31.5 Å². The maximum Gasteiger partial charge on any atom is 0.344 e. The van der Waals surface area contributed by atoms with Gasteiger partial charge in [0.15, 0.2) is 0 Å². The molecule has 0 spiro atoms. The third kappa shape index (κ3) is 2.94. The predicted molar refractivity (Wildman–Crippen MR) is 90.0 cm³/mol. The number of carbonyl (C=O) groups is 3. The number of amides is 4. The number of nitrogens with zero attached hydrogens (tertiary/aromatic N) is 3. The van der Waals surface area contributed by atoms with Gasteiger partial charge >= 0.3 is 6.03 Å². The first kappa shape index (κ1) is 17.3. The van der Waals surface area contributed by atoms with E-state index in [0.29, 0.717) is 22.0 Å². The predicted octanol–water partition coefficient (Wildman–Crippen LogP) is 0.906. The van der Waals surface area contributed by atoms with Crippen LogP contribution in [0.1, 0.15) is 28.7 Å². The number of hydrazine groups is 1. The molecule has 1 aromatic heterocycles. The smallest absolute Gasteiger partial charge is 0.344 e. The van der Waals surface area contributed by atoms with Gasteiger partial charge in [0.25, 0.3) is 11.8 Å². The molecule has 0 radical (unpaired) electrons. The van der Waals surface area contributed by atoms with E-state index in [1.54, 1.807) is 38.1 Å². The topological polar surface area (TPSA) is 114 Å². The van der Waals surface area contributed by atoms with Gasteiger partial charge in [0.2, 0.25) is 0 Å². The molecule has 0 aliphatic carbocycles. The molecular formula is C17H17N5O4. The second-order valence-corrected chi connectivity index (χ2v) is 5.91. The van der Waals surface area contributed by atoms with Crippen LogP contribution in [0.3, 0.4) is 0 Å². The molecule has 0 unspecified atom stereocenters. The highest BCUT2D eigenvalue weighted by Gasteiger charge is 2.50.